The van der Waals surface area contributed by atoms with Gasteiger partial charge in [0.1, 0.15) is 11.6 Å². The monoisotopic (exact) mass is 397 g/mol. The quantitative estimate of drug-likeness (QED) is 0.713. The van der Waals surface area contributed by atoms with Crippen molar-refractivity contribution < 1.29 is 9.18 Å². The van der Waals surface area contributed by atoms with Crippen LogP contribution in [0, 0.1) is 11.7 Å². The summed E-state index contributed by atoms with van der Waals surface area (Å²) < 4.78 is 17.2. The summed E-state index contributed by atoms with van der Waals surface area (Å²) in [4.78, 5) is 23.5. The second-order valence-corrected chi connectivity index (χ2v) is 7.71. The minimum atomic E-state index is -0.317. The van der Waals surface area contributed by atoms with Crippen molar-refractivity contribution in [2.45, 2.75) is 19.8 Å². The van der Waals surface area contributed by atoms with Crippen LogP contribution in [0.15, 0.2) is 42.6 Å². The van der Waals surface area contributed by atoms with E-state index in [0.29, 0.717) is 22.1 Å². The maximum absolute atomic E-state index is 13.0. The van der Waals surface area contributed by atoms with Crippen molar-refractivity contribution in [2.24, 2.45) is 5.92 Å². The maximum Gasteiger partial charge on any atom is 0.259 e. The fourth-order valence-corrected chi connectivity index (χ4v) is 3.69. The number of hydrogen-bond donors (Lipinski definition) is 1. The van der Waals surface area contributed by atoms with Gasteiger partial charge in [-0.2, -0.15) is 9.36 Å². The summed E-state index contributed by atoms with van der Waals surface area (Å²) in [6.07, 6.45) is 3.92. The van der Waals surface area contributed by atoms with Crippen molar-refractivity contribution in [3.8, 4) is 11.4 Å². The van der Waals surface area contributed by atoms with Crippen LogP contribution in [0.2, 0.25) is 0 Å². The summed E-state index contributed by atoms with van der Waals surface area (Å²) in [5.41, 5.74) is 1.16. The average molecular weight is 397 g/mol. The van der Waals surface area contributed by atoms with E-state index in [1.54, 1.807) is 24.4 Å². The van der Waals surface area contributed by atoms with Gasteiger partial charge in [-0.3, -0.25) is 10.1 Å². The van der Waals surface area contributed by atoms with Crippen LogP contribution in [0.1, 0.15) is 30.1 Å². The maximum atomic E-state index is 13.0. The van der Waals surface area contributed by atoms with Gasteiger partial charge in [0.25, 0.3) is 5.91 Å². The highest BCUT2D eigenvalue weighted by Crippen LogP contribution is 2.23. The molecule has 28 heavy (non-hydrogen) atoms. The molecule has 2 aromatic heterocycles. The first-order valence-electron chi connectivity index (χ1n) is 9.20. The lowest BCUT2D eigenvalue weighted by Gasteiger charge is -2.31. The number of hydrogen-bond acceptors (Lipinski definition) is 6. The summed E-state index contributed by atoms with van der Waals surface area (Å²) in [6, 6.07) is 9.57. The first-order chi connectivity index (χ1) is 13.6. The lowest BCUT2D eigenvalue weighted by molar-refractivity contribution is 0.102. The zero-order valence-corrected chi connectivity index (χ0v) is 16.2. The highest BCUT2D eigenvalue weighted by molar-refractivity contribution is 7.10. The van der Waals surface area contributed by atoms with Crippen LogP contribution >= 0.6 is 11.5 Å². The molecule has 1 aliphatic rings. The van der Waals surface area contributed by atoms with Crippen LogP contribution in [-0.4, -0.2) is 33.3 Å². The van der Waals surface area contributed by atoms with Crippen molar-refractivity contribution in [1.29, 1.82) is 0 Å². The smallest absolute Gasteiger partial charge is 0.259 e. The molecule has 0 bridgehead atoms. The van der Waals surface area contributed by atoms with Gasteiger partial charge in [0.2, 0.25) is 5.13 Å². The van der Waals surface area contributed by atoms with Crippen LogP contribution in [0.4, 0.5) is 15.3 Å². The molecule has 0 spiro atoms. The van der Waals surface area contributed by atoms with E-state index in [9.17, 15) is 9.18 Å². The standard InChI is InChI=1S/C20H20FN5OS/c1-13-8-10-26(11-9-13)17-7-4-15(12-22-17)19(27)24-20-23-18(25-28-20)14-2-5-16(21)6-3-14/h2-7,12-13H,8-11H2,1H3,(H,23,24,25,27). The second-order valence-electron chi connectivity index (χ2n) is 6.96. The number of pyridine rings is 1. The van der Waals surface area contributed by atoms with E-state index in [1.807, 2.05) is 6.07 Å². The highest BCUT2D eigenvalue weighted by Gasteiger charge is 2.18. The van der Waals surface area contributed by atoms with Crippen LogP contribution in [0.25, 0.3) is 11.4 Å². The summed E-state index contributed by atoms with van der Waals surface area (Å²) >= 11 is 1.08. The van der Waals surface area contributed by atoms with Crippen LogP contribution in [-0.2, 0) is 0 Å². The Morgan fingerprint density at radius 3 is 2.61 bits per heavy atom. The van der Waals surface area contributed by atoms with Crippen molar-refractivity contribution in [1.82, 2.24) is 14.3 Å². The number of carbonyl (C=O) groups is 1. The zero-order chi connectivity index (χ0) is 19.5. The number of nitrogens with one attached hydrogen (secondary N) is 1. The molecule has 1 amide bonds. The molecule has 0 radical (unpaired) electrons. The number of halogens is 1. The zero-order valence-electron chi connectivity index (χ0n) is 15.4. The van der Waals surface area contributed by atoms with Crippen LogP contribution in [0.3, 0.4) is 0 Å². The molecule has 4 rings (SSSR count). The number of benzene rings is 1. The number of anilines is 2. The Kier molecular flexibility index (Phi) is 5.29. The Labute approximate surface area is 166 Å². The summed E-state index contributed by atoms with van der Waals surface area (Å²) in [5, 5.41) is 3.13. The number of rotatable bonds is 4. The first-order valence-corrected chi connectivity index (χ1v) is 9.98. The van der Waals surface area contributed by atoms with E-state index >= 15 is 0 Å². The van der Waals surface area contributed by atoms with Gasteiger partial charge in [-0.05, 0) is 55.2 Å². The number of amides is 1. The molecule has 1 N–H and O–H groups in total. The van der Waals surface area contributed by atoms with Gasteiger partial charge >= 0.3 is 0 Å². The van der Waals surface area contributed by atoms with E-state index in [-0.39, 0.29) is 11.7 Å². The predicted octanol–water partition coefficient (Wildman–Crippen LogP) is 4.23. The molecule has 6 nitrogen and oxygen atoms in total. The van der Waals surface area contributed by atoms with Crippen LogP contribution < -0.4 is 10.2 Å². The minimum Gasteiger partial charge on any atom is -0.357 e. The molecule has 8 heteroatoms. The molecule has 0 saturated carbocycles. The first kappa shape index (κ1) is 18.5. The van der Waals surface area contributed by atoms with Crippen molar-refractivity contribution in [2.75, 3.05) is 23.3 Å². The fourth-order valence-electron chi connectivity index (χ4n) is 3.10. The van der Waals surface area contributed by atoms with E-state index in [0.717, 1.165) is 49.2 Å². The second kappa shape index (κ2) is 8.02. The third-order valence-corrected chi connectivity index (χ3v) is 5.50. The van der Waals surface area contributed by atoms with Gasteiger partial charge < -0.3 is 4.90 Å². The summed E-state index contributed by atoms with van der Waals surface area (Å²) in [5.74, 6) is 1.51. The third kappa shape index (κ3) is 4.17. The number of aromatic nitrogens is 3. The molecule has 144 valence electrons. The molecule has 1 aromatic carbocycles. The van der Waals surface area contributed by atoms with Gasteiger partial charge in [0.15, 0.2) is 5.82 Å². The Balaban J connectivity index is 1.40. The highest BCUT2D eigenvalue weighted by atomic mass is 32.1. The van der Waals surface area contributed by atoms with E-state index < -0.39 is 0 Å². The minimum absolute atomic E-state index is 0.284. The van der Waals surface area contributed by atoms with Gasteiger partial charge in [0.05, 0.1) is 5.56 Å². The number of piperidine rings is 1. The Morgan fingerprint density at radius 2 is 1.93 bits per heavy atom. The molecule has 1 aliphatic heterocycles. The summed E-state index contributed by atoms with van der Waals surface area (Å²) in [7, 11) is 0. The van der Waals surface area contributed by atoms with Gasteiger partial charge in [0, 0.05) is 36.4 Å². The van der Waals surface area contributed by atoms with Gasteiger partial charge in [-0.1, -0.05) is 6.92 Å². The predicted molar refractivity (Wildman–Crippen MR) is 108 cm³/mol. The molecule has 0 unspecified atom stereocenters. The number of nitrogens with zero attached hydrogens (tertiary/aromatic N) is 4. The molecule has 0 atom stereocenters. The largest absolute Gasteiger partial charge is 0.357 e. The van der Waals surface area contributed by atoms with Crippen molar-refractivity contribution in [3.05, 3.63) is 54.0 Å². The van der Waals surface area contributed by atoms with Crippen molar-refractivity contribution >= 4 is 28.4 Å². The van der Waals surface area contributed by atoms with Gasteiger partial charge in [-0.25, -0.2) is 9.37 Å². The van der Waals surface area contributed by atoms with Crippen molar-refractivity contribution in [3.63, 3.8) is 0 Å². The molecular formula is C20H20FN5OS. The Morgan fingerprint density at radius 1 is 1.18 bits per heavy atom. The topological polar surface area (TPSA) is 71.0 Å². The van der Waals surface area contributed by atoms with Crippen LogP contribution in [0.5, 0.6) is 0 Å². The lowest BCUT2D eigenvalue weighted by atomic mass is 9.99. The molecule has 1 saturated heterocycles. The van der Waals surface area contributed by atoms with Gasteiger partial charge in [-0.15, -0.1) is 0 Å². The molecule has 3 heterocycles. The SMILES string of the molecule is CC1CCN(c2ccc(C(=O)Nc3nc(-c4ccc(F)cc4)ns3)cn2)CC1. The Hall–Kier alpha value is -2.87. The fraction of sp³-hybridized carbons (Fsp3) is 0.300. The lowest BCUT2D eigenvalue weighted by Crippen LogP contribution is -2.33. The molecule has 3 aromatic rings. The number of carbonyl (C=O) groups excluding carboxylic acids is 1. The van der Waals surface area contributed by atoms with E-state index in [1.165, 1.54) is 12.1 Å². The molecule has 0 aliphatic carbocycles. The Bertz CT molecular complexity index is 949. The molecular weight excluding hydrogens is 377 g/mol. The average Bonchev–Trinajstić information content (AvgIpc) is 3.18. The summed E-state index contributed by atoms with van der Waals surface area (Å²) in [6.45, 7) is 4.26. The van der Waals surface area contributed by atoms with E-state index in [4.69, 9.17) is 0 Å². The molecule has 1 fully saturated rings. The normalized spacial score (nSPS) is 14.9. The third-order valence-electron chi connectivity index (χ3n) is 4.87. The van der Waals surface area contributed by atoms with E-state index in [2.05, 4.69) is 31.5 Å².